The van der Waals surface area contributed by atoms with E-state index in [1.807, 2.05) is 37.3 Å². The fourth-order valence-corrected chi connectivity index (χ4v) is 2.72. The zero-order valence-electron chi connectivity index (χ0n) is 13.2. The van der Waals surface area contributed by atoms with Crippen LogP contribution in [0.4, 0.5) is 0 Å². The smallest absolute Gasteiger partial charge is 0.183 e. The lowest BCUT2D eigenvalue weighted by Gasteiger charge is -2.05. The number of hydrogen-bond donors (Lipinski definition) is 2. The summed E-state index contributed by atoms with van der Waals surface area (Å²) in [5, 5.41) is 24.7. The summed E-state index contributed by atoms with van der Waals surface area (Å²) >= 11 is 5.96. The molecule has 24 heavy (non-hydrogen) atoms. The van der Waals surface area contributed by atoms with Crippen LogP contribution < -0.4 is 0 Å². The van der Waals surface area contributed by atoms with Crippen molar-refractivity contribution in [2.45, 2.75) is 26.0 Å². The van der Waals surface area contributed by atoms with E-state index in [4.69, 9.17) is 11.6 Å². The van der Waals surface area contributed by atoms with Crippen molar-refractivity contribution in [3.8, 4) is 5.75 Å². The molecule has 2 aromatic carbocycles. The average molecular weight is 344 g/mol. The number of benzene rings is 2. The van der Waals surface area contributed by atoms with Gasteiger partial charge in [-0.2, -0.15) is 5.10 Å². The predicted octanol–water partition coefficient (Wildman–Crippen LogP) is 3.33. The summed E-state index contributed by atoms with van der Waals surface area (Å²) in [5.74, 6) is 1.17. The van der Waals surface area contributed by atoms with Gasteiger partial charge in [0.15, 0.2) is 5.82 Å². The molecule has 1 heterocycles. The minimum absolute atomic E-state index is 0.0533. The van der Waals surface area contributed by atoms with Crippen molar-refractivity contribution in [2.24, 2.45) is 0 Å². The van der Waals surface area contributed by atoms with Gasteiger partial charge >= 0.3 is 0 Å². The van der Waals surface area contributed by atoms with E-state index in [0.717, 1.165) is 17.0 Å². The third-order valence-corrected chi connectivity index (χ3v) is 4.10. The summed E-state index contributed by atoms with van der Waals surface area (Å²) in [6, 6.07) is 14.4. The van der Waals surface area contributed by atoms with Crippen molar-refractivity contribution in [1.82, 2.24) is 14.8 Å². The Labute approximate surface area is 145 Å². The van der Waals surface area contributed by atoms with Crippen LogP contribution in [0.5, 0.6) is 5.75 Å². The van der Waals surface area contributed by atoms with Crippen LogP contribution in [0.15, 0.2) is 48.5 Å². The molecule has 0 aliphatic rings. The molecule has 1 aromatic heterocycles. The van der Waals surface area contributed by atoms with E-state index in [1.54, 1.807) is 22.9 Å². The minimum atomic E-state index is -0.860. The first-order chi connectivity index (χ1) is 11.6. The normalized spacial score (nSPS) is 12.3. The lowest BCUT2D eigenvalue weighted by Crippen LogP contribution is -2.05. The number of aliphatic hydroxyl groups excluding tert-OH is 1. The van der Waals surface area contributed by atoms with Crippen LogP contribution in [0, 0.1) is 0 Å². The molecule has 0 aliphatic heterocycles. The minimum Gasteiger partial charge on any atom is -0.506 e. The van der Waals surface area contributed by atoms with Gasteiger partial charge < -0.3 is 10.2 Å². The van der Waals surface area contributed by atoms with E-state index in [2.05, 4.69) is 10.1 Å². The Morgan fingerprint density at radius 3 is 2.58 bits per heavy atom. The third-order valence-electron chi connectivity index (χ3n) is 3.80. The van der Waals surface area contributed by atoms with Gasteiger partial charge in [0, 0.05) is 13.0 Å². The van der Waals surface area contributed by atoms with Gasteiger partial charge in [0.1, 0.15) is 17.7 Å². The second-order valence-electron chi connectivity index (χ2n) is 5.48. The first-order valence-electron chi connectivity index (χ1n) is 7.72. The Morgan fingerprint density at radius 2 is 1.92 bits per heavy atom. The van der Waals surface area contributed by atoms with Gasteiger partial charge in [-0.1, -0.05) is 48.0 Å². The molecular weight excluding hydrogens is 326 g/mol. The summed E-state index contributed by atoms with van der Waals surface area (Å²) < 4.78 is 1.77. The quantitative estimate of drug-likeness (QED) is 0.745. The number of aromatic nitrogens is 3. The maximum absolute atomic E-state index is 10.5. The number of hydrogen-bond acceptors (Lipinski definition) is 4. The lowest BCUT2D eigenvalue weighted by molar-refractivity contribution is 0.209. The maximum atomic E-state index is 10.5. The van der Waals surface area contributed by atoms with Crippen LogP contribution in [-0.2, 0) is 13.0 Å². The van der Waals surface area contributed by atoms with E-state index in [9.17, 15) is 10.2 Å². The molecule has 3 rings (SSSR count). The second-order valence-corrected chi connectivity index (χ2v) is 5.88. The van der Waals surface area contributed by atoms with Crippen LogP contribution in [-0.4, -0.2) is 25.0 Å². The highest BCUT2D eigenvalue weighted by Crippen LogP contribution is 2.25. The third kappa shape index (κ3) is 3.42. The lowest BCUT2D eigenvalue weighted by atomic mass is 10.1. The molecular formula is C18H18ClN3O2. The van der Waals surface area contributed by atoms with Crippen molar-refractivity contribution in [3.63, 3.8) is 0 Å². The molecule has 0 fully saturated rings. The predicted molar refractivity (Wildman–Crippen MR) is 92.1 cm³/mol. The van der Waals surface area contributed by atoms with E-state index in [0.29, 0.717) is 23.8 Å². The zero-order chi connectivity index (χ0) is 17.1. The van der Waals surface area contributed by atoms with E-state index < -0.39 is 6.10 Å². The number of aliphatic hydroxyl groups is 1. The van der Waals surface area contributed by atoms with Crippen molar-refractivity contribution in [2.75, 3.05) is 0 Å². The highest BCUT2D eigenvalue weighted by Gasteiger charge is 2.18. The van der Waals surface area contributed by atoms with Gasteiger partial charge in [-0.25, -0.2) is 9.67 Å². The molecule has 1 unspecified atom stereocenters. The van der Waals surface area contributed by atoms with E-state index in [1.165, 1.54) is 0 Å². The topological polar surface area (TPSA) is 71.2 Å². The van der Waals surface area contributed by atoms with Crippen LogP contribution in [0.3, 0.4) is 0 Å². The maximum Gasteiger partial charge on any atom is 0.183 e. The van der Waals surface area contributed by atoms with E-state index in [-0.39, 0.29) is 5.75 Å². The zero-order valence-corrected chi connectivity index (χ0v) is 14.0. The summed E-state index contributed by atoms with van der Waals surface area (Å²) in [6.45, 7) is 2.62. The number of phenolic OH excluding ortho intramolecular Hbond substituents is 1. The Bertz CT molecular complexity index is 834. The monoisotopic (exact) mass is 343 g/mol. The standard InChI is InChI=1S/C18H18ClN3O2/c1-2-22-16(11-12-8-9-15(23)14(19)10-12)20-18(21-22)17(24)13-6-4-3-5-7-13/h3-10,17,23-24H,2,11H2,1H3. The fourth-order valence-electron chi connectivity index (χ4n) is 2.52. The van der Waals surface area contributed by atoms with Crippen molar-refractivity contribution >= 4 is 11.6 Å². The largest absolute Gasteiger partial charge is 0.506 e. The molecule has 0 saturated heterocycles. The first-order valence-corrected chi connectivity index (χ1v) is 8.10. The Kier molecular flexibility index (Phi) is 4.83. The number of nitrogens with zero attached hydrogens (tertiary/aromatic N) is 3. The number of phenols is 1. The molecule has 0 amide bonds. The molecule has 5 nitrogen and oxygen atoms in total. The Hall–Kier alpha value is -2.37. The Morgan fingerprint density at radius 1 is 1.17 bits per heavy atom. The van der Waals surface area contributed by atoms with Gasteiger partial charge in [0.2, 0.25) is 0 Å². The van der Waals surface area contributed by atoms with Crippen LogP contribution in [0.1, 0.15) is 35.8 Å². The summed E-state index contributed by atoms with van der Waals surface area (Å²) in [5.41, 5.74) is 1.67. The van der Waals surface area contributed by atoms with Gasteiger partial charge in [0.05, 0.1) is 5.02 Å². The Balaban J connectivity index is 1.89. The van der Waals surface area contributed by atoms with Gasteiger partial charge in [-0.15, -0.1) is 0 Å². The molecule has 6 heteroatoms. The fraction of sp³-hybridized carbons (Fsp3) is 0.222. The first kappa shape index (κ1) is 16.5. The van der Waals surface area contributed by atoms with E-state index >= 15 is 0 Å². The molecule has 0 radical (unpaired) electrons. The number of halogens is 1. The molecule has 2 N–H and O–H groups in total. The average Bonchev–Trinajstić information content (AvgIpc) is 3.01. The SMILES string of the molecule is CCn1nc(C(O)c2ccccc2)nc1Cc1ccc(O)c(Cl)c1. The molecule has 1 atom stereocenters. The van der Waals surface area contributed by atoms with Gasteiger partial charge in [-0.05, 0) is 30.2 Å². The molecule has 0 spiro atoms. The number of aromatic hydroxyl groups is 1. The summed E-state index contributed by atoms with van der Waals surface area (Å²) in [6.07, 6.45) is -0.344. The van der Waals surface area contributed by atoms with Crippen LogP contribution in [0.25, 0.3) is 0 Å². The van der Waals surface area contributed by atoms with Crippen LogP contribution in [0.2, 0.25) is 5.02 Å². The molecule has 124 valence electrons. The molecule has 0 aliphatic carbocycles. The highest BCUT2D eigenvalue weighted by atomic mass is 35.5. The van der Waals surface area contributed by atoms with Gasteiger partial charge in [-0.3, -0.25) is 0 Å². The summed E-state index contributed by atoms with van der Waals surface area (Å²) in [7, 11) is 0. The van der Waals surface area contributed by atoms with Crippen LogP contribution >= 0.6 is 11.6 Å². The van der Waals surface area contributed by atoms with Gasteiger partial charge in [0.25, 0.3) is 0 Å². The van der Waals surface area contributed by atoms with Crippen molar-refractivity contribution < 1.29 is 10.2 Å². The number of rotatable bonds is 5. The summed E-state index contributed by atoms with van der Waals surface area (Å²) in [4.78, 5) is 4.50. The highest BCUT2D eigenvalue weighted by molar-refractivity contribution is 6.32. The van der Waals surface area contributed by atoms with Crippen molar-refractivity contribution in [3.05, 3.63) is 76.3 Å². The number of aryl methyl sites for hydroxylation is 1. The molecule has 3 aromatic rings. The molecule has 0 bridgehead atoms. The molecule has 0 saturated carbocycles. The second kappa shape index (κ2) is 7.03. The van der Waals surface area contributed by atoms with Crippen molar-refractivity contribution in [1.29, 1.82) is 0 Å².